The Morgan fingerprint density at radius 1 is 0.904 bits per heavy atom. The fraction of sp³-hybridized carbons (Fsp3) is 0.492. The number of alkyl halides is 2. The number of benzene rings is 4. The average Bonchev–Trinajstić information content (AvgIpc) is 3.79. The van der Waals surface area contributed by atoms with Gasteiger partial charge in [0.25, 0.3) is 12.3 Å². The summed E-state index contributed by atoms with van der Waals surface area (Å²) in [5, 5.41) is 18.0. The maximum absolute atomic E-state index is 15.1. The Bertz CT molecular complexity index is 2860. The number of nitrogens with zero attached hydrogens (tertiary/aromatic N) is 6. The first-order valence-corrected chi connectivity index (χ1v) is 26.3. The normalized spacial score (nSPS) is 20.7. The third kappa shape index (κ3) is 9.77. The fourth-order valence-corrected chi connectivity index (χ4v) is 13.0. The maximum atomic E-state index is 15.1. The molecule has 5 heterocycles. The molecule has 0 spiro atoms. The zero-order valence-corrected chi connectivity index (χ0v) is 43.2. The number of carbonyl (C=O) groups excluding carboxylic acids is 2. The van der Waals surface area contributed by atoms with Crippen molar-refractivity contribution < 1.29 is 32.6 Å². The van der Waals surface area contributed by atoms with Crippen LogP contribution >= 0.6 is 0 Å². The van der Waals surface area contributed by atoms with Gasteiger partial charge in [0.05, 0.1) is 25.3 Å². The van der Waals surface area contributed by atoms with E-state index in [0.29, 0.717) is 67.0 Å². The van der Waals surface area contributed by atoms with Crippen LogP contribution < -0.4 is 24.6 Å². The number of ether oxygens (including phenoxy) is 3. The number of piperidine rings is 1. The van der Waals surface area contributed by atoms with Gasteiger partial charge in [0, 0.05) is 109 Å². The molecule has 1 aliphatic carbocycles. The summed E-state index contributed by atoms with van der Waals surface area (Å²) in [5.74, 6) is 2.37. The smallest absolute Gasteiger partial charge is 0.264 e. The first-order chi connectivity index (χ1) is 35.1. The monoisotopic (exact) mass is 994 g/mol. The molecule has 0 radical (unpaired) electrons. The van der Waals surface area contributed by atoms with Gasteiger partial charge in [-0.1, -0.05) is 52.0 Å². The molecule has 10 rings (SSSR count). The van der Waals surface area contributed by atoms with E-state index in [2.05, 4.69) is 77.8 Å². The third-order valence-electron chi connectivity index (χ3n) is 16.8. The van der Waals surface area contributed by atoms with Gasteiger partial charge >= 0.3 is 0 Å². The van der Waals surface area contributed by atoms with Gasteiger partial charge in [-0.05, 0) is 128 Å². The minimum Gasteiger partial charge on any atom is -0.495 e. The van der Waals surface area contributed by atoms with Crippen LogP contribution in [0.5, 0.6) is 11.5 Å². The SMILES string of the molecule is COc1cc(OC2C(C)(C)C(NC(=O)c3ccc(N4CCC(CCc5ccc(-c6cc7c(cc6C(F)F)N(c6nn(C8CCOCC8)c8c6CN(C(C)=O)CC8)CCC7)cc5)CC4)cc3)C2(C)C)ccc1C#N. The molecule has 1 aromatic heterocycles. The van der Waals surface area contributed by atoms with E-state index in [0.717, 1.165) is 110 Å². The van der Waals surface area contributed by atoms with Crippen LogP contribution in [-0.4, -0.2) is 85.1 Å². The Labute approximate surface area is 428 Å². The summed E-state index contributed by atoms with van der Waals surface area (Å²) in [7, 11) is 1.54. The number of amides is 2. The summed E-state index contributed by atoms with van der Waals surface area (Å²) in [5.41, 5.74) is 8.08. The Balaban J connectivity index is 0.742. The van der Waals surface area contributed by atoms with Crippen molar-refractivity contribution in [3.05, 3.63) is 118 Å². The zero-order valence-electron chi connectivity index (χ0n) is 43.2. The van der Waals surface area contributed by atoms with Crippen LogP contribution in [0.1, 0.15) is 129 Å². The van der Waals surface area contributed by atoms with E-state index in [-0.39, 0.29) is 46.4 Å². The number of fused-ring (bicyclic) bond motifs is 2. The van der Waals surface area contributed by atoms with Gasteiger partial charge < -0.3 is 34.2 Å². The van der Waals surface area contributed by atoms with Crippen molar-refractivity contribution in [2.24, 2.45) is 16.7 Å². The first kappa shape index (κ1) is 50.1. The molecule has 5 aliphatic rings. The van der Waals surface area contributed by atoms with Crippen LogP contribution in [0.25, 0.3) is 11.1 Å². The van der Waals surface area contributed by atoms with Crippen LogP contribution in [-0.2, 0) is 35.3 Å². The molecule has 2 amide bonds. The predicted molar refractivity (Wildman–Crippen MR) is 279 cm³/mol. The Kier molecular flexibility index (Phi) is 14.0. The van der Waals surface area contributed by atoms with Gasteiger partial charge in [0.1, 0.15) is 23.7 Å². The van der Waals surface area contributed by atoms with Crippen molar-refractivity contribution in [3.8, 4) is 28.7 Å². The highest BCUT2D eigenvalue weighted by Crippen LogP contribution is 2.56. The molecule has 1 saturated carbocycles. The number of rotatable bonds is 13. The quantitative estimate of drug-likeness (QED) is 0.123. The number of carbonyl (C=O) groups is 2. The number of anilines is 3. The number of hydrogen-bond donors (Lipinski definition) is 1. The van der Waals surface area contributed by atoms with Crippen molar-refractivity contribution in [3.63, 3.8) is 0 Å². The largest absolute Gasteiger partial charge is 0.495 e. The Morgan fingerprint density at radius 3 is 2.30 bits per heavy atom. The molecule has 4 aliphatic heterocycles. The summed E-state index contributed by atoms with van der Waals surface area (Å²) in [4.78, 5) is 32.6. The fourth-order valence-electron chi connectivity index (χ4n) is 13.0. The van der Waals surface area contributed by atoms with Gasteiger partial charge in [-0.15, -0.1) is 0 Å². The highest BCUT2D eigenvalue weighted by Gasteiger charge is 2.64. The van der Waals surface area contributed by atoms with E-state index in [9.17, 15) is 14.9 Å². The summed E-state index contributed by atoms with van der Waals surface area (Å²) >= 11 is 0. The molecule has 0 bridgehead atoms. The number of hydrogen-bond acceptors (Lipinski definition) is 9. The molecule has 3 fully saturated rings. The third-order valence-corrected chi connectivity index (χ3v) is 16.8. The summed E-state index contributed by atoms with van der Waals surface area (Å²) < 4.78 is 50.0. The molecule has 12 nitrogen and oxygen atoms in total. The maximum Gasteiger partial charge on any atom is 0.264 e. The van der Waals surface area contributed by atoms with E-state index in [1.165, 1.54) is 12.7 Å². The molecule has 14 heteroatoms. The van der Waals surface area contributed by atoms with Gasteiger partial charge in [-0.2, -0.15) is 10.4 Å². The van der Waals surface area contributed by atoms with Crippen molar-refractivity contribution in [2.75, 3.05) is 56.3 Å². The van der Waals surface area contributed by atoms with Crippen LogP contribution in [0.15, 0.2) is 78.9 Å². The van der Waals surface area contributed by atoms with Crippen LogP contribution in [0, 0.1) is 28.1 Å². The van der Waals surface area contributed by atoms with Crippen molar-refractivity contribution in [1.29, 1.82) is 5.26 Å². The van der Waals surface area contributed by atoms with Crippen molar-refractivity contribution in [1.82, 2.24) is 20.0 Å². The summed E-state index contributed by atoms with van der Waals surface area (Å²) in [6.45, 7) is 15.1. The number of nitriles is 1. The van der Waals surface area contributed by atoms with Crippen LogP contribution in [0.2, 0.25) is 0 Å². The highest BCUT2D eigenvalue weighted by atomic mass is 19.3. The van der Waals surface area contributed by atoms with Crippen LogP contribution in [0.4, 0.5) is 26.0 Å². The second-order valence-corrected chi connectivity index (χ2v) is 22.1. The topological polar surface area (TPSA) is 125 Å². The predicted octanol–water partition coefficient (Wildman–Crippen LogP) is 11.2. The molecule has 5 aromatic rings. The van der Waals surface area contributed by atoms with Crippen molar-refractivity contribution >= 4 is 29.0 Å². The standard InChI is InChI=1S/C59H69F2N7O5/c1-37(69)66-29-23-50-49(36-66)54(64-68(50)45-24-30-72-31-25-45)67-26-7-8-42-32-47(48(53(60)61)34-51(42)67)40-13-11-38(12-14-40)9-10-39-21-27-65(28-22-39)44-18-15-41(16-19-44)55(70)63-56-58(2,3)57(59(56,4)5)73-46-20-17-43(35-62)52(33-46)71-6/h11-20,32-34,39,45,53,56-57H,7-10,21-31,36H2,1-6H3,(H,63,70). The number of aryl methyl sites for hydroxylation is 2. The number of aromatic nitrogens is 2. The van der Waals surface area contributed by atoms with E-state index in [4.69, 9.17) is 19.3 Å². The minimum atomic E-state index is -2.66. The van der Waals surface area contributed by atoms with Gasteiger partial charge in [-0.3, -0.25) is 14.3 Å². The summed E-state index contributed by atoms with van der Waals surface area (Å²) in [6.07, 6.45) is 5.42. The highest BCUT2D eigenvalue weighted by molar-refractivity contribution is 5.95. The van der Waals surface area contributed by atoms with Gasteiger partial charge in [-0.25, -0.2) is 8.78 Å². The second kappa shape index (κ2) is 20.5. The molecule has 384 valence electrons. The summed E-state index contributed by atoms with van der Waals surface area (Å²) in [6, 6.07) is 27.3. The minimum absolute atomic E-state index is 0.0248. The van der Waals surface area contributed by atoms with E-state index >= 15 is 8.78 Å². The van der Waals surface area contributed by atoms with E-state index < -0.39 is 6.43 Å². The Hall–Kier alpha value is -6.46. The molecule has 2 saturated heterocycles. The molecule has 0 atom stereocenters. The lowest BCUT2D eigenvalue weighted by Gasteiger charge is -2.63. The van der Waals surface area contributed by atoms with E-state index in [1.807, 2.05) is 35.2 Å². The molecular weight excluding hydrogens is 925 g/mol. The second-order valence-electron chi connectivity index (χ2n) is 22.1. The number of nitrogens with one attached hydrogen (secondary N) is 1. The van der Waals surface area contributed by atoms with E-state index in [1.54, 1.807) is 31.2 Å². The first-order valence-electron chi connectivity index (χ1n) is 26.3. The Morgan fingerprint density at radius 2 is 1.63 bits per heavy atom. The molecule has 0 unspecified atom stereocenters. The molecule has 73 heavy (non-hydrogen) atoms. The zero-order chi connectivity index (χ0) is 51.2. The lowest BCUT2D eigenvalue weighted by Crippen LogP contribution is -2.74. The van der Waals surface area contributed by atoms with Gasteiger partial charge in [0.2, 0.25) is 5.91 Å². The lowest BCUT2D eigenvalue weighted by atomic mass is 9.49. The van der Waals surface area contributed by atoms with Gasteiger partial charge in [0.15, 0.2) is 5.82 Å². The molecular formula is C59H69F2N7O5. The molecule has 1 N–H and O–H groups in total. The number of methoxy groups -OCH3 is 1. The van der Waals surface area contributed by atoms with Crippen molar-refractivity contribution in [2.45, 2.75) is 124 Å². The average molecular weight is 994 g/mol. The molecule has 4 aromatic carbocycles. The number of halogens is 2. The van der Waals surface area contributed by atoms with Crippen LogP contribution in [0.3, 0.4) is 0 Å². The lowest BCUT2D eigenvalue weighted by molar-refractivity contribution is -0.164.